The lowest BCUT2D eigenvalue weighted by molar-refractivity contribution is -0.145. The monoisotopic (exact) mass is 494 g/mol. The number of anilines is 2. The summed E-state index contributed by atoms with van der Waals surface area (Å²) in [4.78, 5) is 26.2. The Kier molecular flexibility index (Phi) is 14.4. The van der Waals surface area contributed by atoms with Crippen molar-refractivity contribution in [2.24, 2.45) is 0 Å². The predicted molar refractivity (Wildman–Crippen MR) is 150 cm³/mol. The van der Waals surface area contributed by atoms with Crippen LogP contribution in [-0.2, 0) is 27.4 Å². The van der Waals surface area contributed by atoms with Gasteiger partial charge in [-0.15, -0.1) is 0 Å². The Balaban J connectivity index is 1.58. The van der Waals surface area contributed by atoms with Crippen molar-refractivity contribution in [1.82, 2.24) is 0 Å². The van der Waals surface area contributed by atoms with E-state index in [4.69, 9.17) is 4.74 Å². The molecule has 5 nitrogen and oxygen atoms in total. The molecule has 2 rings (SSSR count). The number of esters is 1. The van der Waals surface area contributed by atoms with Gasteiger partial charge >= 0.3 is 5.97 Å². The fourth-order valence-electron chi connectivity index (χ4n) is 4.31. The first-order valence-corrected chi connectivity index (χ1v) is 13.8. The summed E-state index contributed by atoms with van der Waals surface area (Å²) in [5.41, 5.74) is 4.03. The maximum atomic E-state index is 12.6. The minimum atomic E-state index is -0.192. The Labute approximate surface area is 218 Å². The Morgan fingerprint density at radius 1 is 0.778 bits per heavy atom. The van der Waals surface area contributed by atoms with Crippen molar-refractivity contribution in [2.45, 2.75) is 97.0 Å². The standard InChI is InChI=1S/C31H46N2O3/c1-4-17-31(35)36-25-27-22-23-29(33(2)3)28(24-27)32-30(34)21-16-11-9-7-5-6-8-10-13-18-26-19-14-12-15-20-26/h12,14-15,19-20,22-24H,4-11,13,16-18,21,25H2,1-3H3,(H,32,34). The van der Waals surface area contributed by atoms with E-state index < -0.39 is 0 Å². The van der Waals surface area contributed by atoms with Gasteiger partial charge in [-0.3, -0.25) is 9.59 Å². The van der Waals surface area contributed by atoms with E-state index >= 15 is 0 Å². The molecule has 198 valence electrons. The van der Waals surface area contributed by atoms with E-state index in [1.165, 1.54) is 56.9 Å². The number of benzene rings is 2. The van der Waals surface area contributed by atoms with Gasteiger partial charge in [0.1, 0.15) is 6.61 Å². The molecule has 1 N–H and O–H groups in total. The van der Waals surface area contributed by atoms with E-state index in [1.54, 1.807) is 0 Å². The third-order valence-electron chi connectivity index (χ3n) is 6.38. The largest absolute Gasteiger partial charge is 0.461 e. The van der Waals surface area contributed by atoms with Gasteiger partial charge in [0.25, 0.3) is 0 Å². The van der Waals surface area contributed by atoms with Crippen LogP contribution in [-0.4, -0.2) is 26.0 Å². The number of unbranched alkanes of at least 4 members (excludes halogenated alkanes) is 8. The SMILES string of the molecule is CCCC(=O)OCc1ccc(N(C)C)c(NC(=O)CCCCCCCCCCCc2ccccc2)c1. The highest BCUT2D eigenvalue weighted by molar-refractivity contribution is 5.94. The fourth-order valence-corrected chi connectivity index (χ4v) is 4.31. The molecule has 0 aliphatic heterocycles. The Morgan fingerprint density at radius 3 is 2.06 bits per heavy atom. The average Bonchev–Trinajstić information content (AvgIpc) is 2.86. The molecule has 0 aromatic heterocycles. The van der Waals surface area contributed by atoms with Crippen LogP contribution >= 0.6 is 0 Å². The van der Waals surface area contributed by atoms with Crippen molar-refractivity contribution >= 4 is 23.3 Å². The van der Waals surface area contributed by atoms with Gasteiger partial charge in [-0.05, 0) is 48.9 Å². The van der Waals surface area contributed by atoms with E-state index in [9.17, 15) is 9.59 Å². The molecular weight excluding hydrogens is 448 g/mol. The van der Waals surface area contributed by atoms with Crippen LogP contribution in [0.4, 0.5) is 11.4 Å². The molecule has 0 aliphatic carbocycles. The Bertz CT molecular complexity index is 896. The molecule has 0 spiro atoms. The van der Waals surface area contributed by atoms with Crippen LogP contribution in [0.2, 0.25) is 0 Å². The average molecular weight is 495 g/mol. The van der Waals surface area contributed by atoms with E-state index in [2.05, 4.69) is 35.6 Å². The number of hydrogen-bond acceptors (Lipinski definition) is 4. The molecule has 1 amide bonds. The molecule has 0 radical (unpaired) electrons. The van der Waals surface area contributed by atoms with Crippen molar-refractivity contribution < 1.29 is 14.3 Å². The minimum Gasteiger partial charge on any atom is -0.461 e. The van der Waals surface area contributed by atoms with Crippen LogP contribution in [0.3, 0.4) is 0 Å². The van der Waals surface area contributed by atoms with Gasteiger partial charge in [0, 0.05) is 26.9 Å². The molecule has 0 saturated heterocycles. The lowest BCUT2D eigenvalue weighted by Crippen LogP contribution is -2.17. The molecule has 0 bridgehead atoms. The molecule has 0 unspecified atom stereocenters. The zero-order valence-electron chi connectivity index (χ0n) is 22.7. The smallest absolute Gasteiger partial charge is 0.306 e. The highest BCUT2D eigenvalue weighted by atomic mass is 16.5. The number of nitrogens with one attached hydrogen (secondary N) is 1. The van der Waals surface area contributed by atoms with Crippen LogP contribution in [0.5, 0.6) is 0 Å². The van der Waals surface area contributed by atoms with E-state index in [-0.39, 0.29) is 18.5 Å². The summed E-state index contributed by atoms with van der Waals surface area (Å²) in [6.07, 6.45) is 13.9. The normalized spacial score (nSPS) is 10.8. The second kappa shape index (κ2) is 17.6. The van der Waals surface area contributed by atoms with Gasteiger partial charge < -0.3 is 15.0 Å². The second-order valence-electron chi connectivity index (χ2n) is 9.87. The van der Waals surface area contributed by atoms with Gasteiger partial charge in [0.05, 0.1) is 11.4 Å². The number of amides is 1. The van der Waals surface area contributed by atoms with Crippen molar-refractivity contribution in [3.8, 4) is 0 Å². The molecule has 5 heteroatoms. The third-order valence-corrected chi connectivity index (χ3v) is 6.38. The molecule has 2 aromatic rings. The maximum absolute atomic E-state index is 12.6. The topological polar surface area (TPSA) is 58.6 Å². The number of aryl methyl sites for hydroxylation is 1. The Morgan fingerprint density at radius 2 is 1.42 bits per heavy atom. The summed E-state index contributed by atoms with van der Waals surface area (Å²) in [5, 5.41) is 3.07. The lowest BCUT2D eigenvalue weighted by Gasteiger charge is -2.19. The second-order valence-corrected chi connectivity index (χ2v) is 9.87. The fraction of sp³-hybridized carbons (Fsp3) is 0.548. The molecule has 0 saturated carbocycles. The first kappa shape index (κ1) is 29.4. The highest BCUT2D eigenvalue weighted by Crippen LogP contribution is 2.26. The summed E-state index contributed by atoms with van der Waals surface area (Å²) < 4.78 is 5.32. The number of carbonyl (C=O) groups excluding carboxylic acids is 2. The first-order valence-electron chi connectivity index (χ1n) is 13.8. The van der Waals surface area contributed by atoms with Gasteiger partial charge in [0.2, 0.25) is 5.91 Å². The third kappa shape index (κ3) is 12.2. The zero-order valence-corrected chi connectivity index (χ0v) is 22.7. The van der Waals surface area contributed by atoms with Gasteiger partial charge in [-0.1, -0.05) is 88.3 Å². The predicted octanol–water partition coefficient (Wildman–Crippen LogP) is 7.68. The number of carbonyl (C=O) groups is 2. The number of nitrogens with zero attached hydrogens (tertiary/aromatic N) is 1. The minimum absolute atomic E-state index is 0.0386. The maximum Gasteiger partial charge on any atom is 0.306 e. The number of rotatable bonds is 18. The van der Waals surface area contributed by atoms with Crippen molar-refractivity contribution in [3.05, 3.63) is 59.7 Å². The summed E-state index contributed by atoms with van der Waals surface area (Å²) >= 11 is 0. The highest BCUT2D eigenvalue weighted by Gasteiger charge is 2.11. The molecule has 0 atom stereocenters. The zero-order chi connectivity index (χ0) is 26.0. The van der Waals surface area contributed by atoms with Gasteiger partial charge in [-0.2, -0.15) is 0 Å². The van der Waals surface area contributed by atoms with E-state index in [0.717, 1.165) is 36.2 Å². The van der Waals surface area contributed by atoms with Crippen molar-refractivity contribution in [2.75, 3.05) is 24.3 Å². The summed E-state index contributed by atoms with van der Waals surface area (Å²) in [7, 11) is 3.91. The van der Waals surface area contributed by atoms with Crippen LogP contribution < -0.4 is 10.2 Å². The molecule has 0 heterocycles. The number of hydrogen-bond donors (Lipinski definition) is 1. The van der Waals surface area contributed by atoms with Crippen molar-refractivity contribution in [1.29, 1.82) is 0 Å². The van der Waals surface area contributed by atoms with Gasteiger partial charge in [-0.25, -0.2) is 0 Å². The van der Waals surface area contributed by atoms with Crippen LogP contribution in [0, 0.1) is 0 Å². The summed E-state index contributed by atoms with van der Waals surface area (Å²) in [6.45, 7) is 2.18. The van der Waals surface area contributed by atoms with E-state index in [0.29, 0.717) is 12.8 Å². The molecule has 2 aromatic carbocycles. The Hall–Kier alpha value is -2.82. The lowest BCUT2D eigenvalue weighted by atomic mass is 10.0. The molecule has 0 aliphatic rings. The van der Waals surface area contributed by atoms with Crippen LogP contribution in [0.15, 0.2) is 48.5 Å². The van der Waals surface area contributed by atoms with Gasteiger partial charge in [0.15, 0.2) is 0 Å². The molecule has 0 fully saturated rings. The quantitative estimate of drug-likeness (QED) is 0.171. The van der Waals surface area contributed by atoms with E-state index in [1.807, 2.05) is 44.1 Å². The summed E-state index contributed by atoms with van der Waals surface area (Å²) in [6, 6.07) is 16.5. The first-order chi connectivity index (χ1) is 17.5. The summed E-state index contributed by atoms with van der Waals surface area (Å²) in [5.74, 6) is -0.153. The molecule has 36 heavy (non-hydrogen) atoms. The van der Waals surface area contributed by atoms with Crippen molar-refractivity contribution in [3.63, 3.8) is 0 Å². The van der Waals surface area contributed by atoms with Crippen LogP contribution in [0.25, 0.3) is 0 Å². The number of ether oxygens (including phenoxy) is 1. The van der Waals surface area contributed by atoms with Crippen LogP contribution in [0.1, 0.15) is 95.1 Å². The molecular formula is C31H46N2O3.